The smallest absolute Gasteiger partial charge is 0.336 e. The first-order chi connectivity index (χ1) is 11.0. The van der Waals surface area contributed by atoms with Gasteiger partial charge in [-0.2, -0.15) is 0 Å². The number of rotatable bonds is 6. The zero-order valence-electron chi connectivity index (χ0n) is 11.9. The van der Waals surface area contributed by atoms with Crippen LogP contribution in [0, 0.1) is 0 Å². The molecule has 2 rings (SSSR count). The predicted octanol–water partition coefficient (Wildman–Crippen LogP) is 2.22. The van der Waals surface area contributed by atoms with Crippen LogP contribution in [-0.2, 0) is 13.2 Å². The van der Waals surface area contributed by atoms with E-state index in [2.05, 4.69) is 0 Å². The second-order valence-electron chi connectivity index (χ2n) is 4.59. The highest BCUT2D eigenvalue weighted by Gasteiger charge is 2.17. The van der Waals surface area contributed by atoms with Gasteiger partial charge in [0.25, 0.3) is 0 Å². The molecule has 0 aliphatic rings. The molecular weight excluding hydrogens is 320 g/mol. The normalized spacial score (nSPS) is 10.5. The van der Waals surface area contributed by atoms with Gasteiger partial charge < -0.3 is 20.4 Å². The fourth-order valence-electron chi connectivity index (χ4n) is 2.17. The van der Waals surface area contributed by atoms with Crippen LogP contribution in [-0.4, -0.2) is 32.4 Å². The molecule has 0 aromatic heterocycles. The average molecular weight is 334 g/mol. The van der Waals surface area contributed by atoms with Crippen molar-refractivity contribution in [1.29, 1.82) is 0 Å². The molecule has 4 N–H and O–H groups in total. The molecule has 0 bridgehead atoms. The topological polar surface area (TPSA) is 115 Å². The minimum Gasteiger partial charge on any atom is -0.478 e. The van der Waals surface area contributed by atoms with Crippen LogP contribution in [0.1, 0.15) is 31.8 Å². The van der Waals surface area contributed by atoms with E-state index in [4.69, 9.17) is 10.2 Å². The molecule has 0 radical (unpaired) electrons. The van der Waals surface area contributed by atoms with Crippen molar-refractivity contribution in [1.82, 2.24) is 0 Å². The van der Waals surface area contributed by atoms with Crippen molar-refractivity contribution in [2.24, 2.45) is 0 Å². The van der Waals surface area contributed by atoms with Crippen molar-refractivity contribution in [2.75, 3.05) is 0 Å². The van der Waals surface area contributed by atoms with Crippen molar-refractivity contribution in [2.45, 2.75) is 23.0 Å². The van der Waals surface area contributed by atoms with Crippen LogP contribution in [0.3, 0.4) is 0 Å². The fourth-order valence-corrected chi connectivity index (χ4v) is 3.29. The van der Waals surface area contributed by atoms with Crippen LogP contribution in [0.5, 0.6) is 0 Å². The minimum atomic E-state index is -1.15. The molecule has 23 heavy (non-hydrogen) atoms. The first kappa shape index (κ1) is 17.0. The lowest BCUT2D eigenvalue weighted by Crippen LogP contribution is -2.05. The number of benzene rings is 2. The van der Waals surface area contributed by atoms with E-state index in [0.717, 1.165) is 11.8 Å². The van der Waals surface area contributed by atoms with Gasteiger partial charge in [-0.15, -0.1) is 0 Å². The lowest BCUT2D eigenvalue weighted by atomic mass is 10.1. The summed E-state index contributed by atoms with van der Waals surface area (Å²) in [5, 5.41) is 37.3. The highest BCUT2D eigenvalue weighted by atomic mass is 32.2. The summed E-state index contributed by atoms with van der Waals surface area (Å²) in [4.78, 5) is 23.4. The maximum absolute atomic E-state index is 11.2. The molecule has 0 saturated heterocycles. The predicted molar refractivity (Wildman–Crippen MR) is 82.8 cm³/mol. The standard InChI is InChI=1S/C16H14O6S/c17-7-11-9(15(19)20)3-1-5-13(11)23-14-6-2-4-10(16(21)22)12(14)8-18/h1-6,17-18H,7-8H2,(H,19,20)(H,21,22). The highest BCUT2D eigenvalue weighted by molar-refractivity contribution is 7.99. The molecule has 0 aliphatic heterocycles. The second kappa shape index (κ2) is 7.28. The van der Waals surface area contributed by atoms with E-state index in [1.165, 1.54) is 12.1 Å². The zero-order chi connectivity index (χ0) is 17.0. The number of hydrogen-bond acceptors (Lipinski definition) is 5. The van der Waals surface area contributed by atoms with Gasteiger partial charge in [0.05, 0.1) is 24.3 Å². The molecule has 120 valence electrons. The number of aliphatic hydroxyl groups excluding tert-OH is 2. The summed E-state index contributed by atoms with van der Waals surface area (Å²) in [6.07, 6.45) is 0. The quantitative estimate of drug-likeness (QED) is 0.640. The van der Waals surface area contributed by atoms with Crippen LogP contribution in [0.25, 0.3) is 0 Å². The van der Waals surface area contributed by atoms with Crippen LogP contribution in [0.15, 0.2) is 46.2 Å². The number of aromatic carboxylic acids is 2. The Kier molecular flexibility index (Phi) is 5.38. The Balaban J connectivity index is 2.52. The lowest BCUT2D eigenvalue weighted by Gasteiger charge is -2.13. The van der Waals surface area contributed by atoms with Crippen LogP contribution >= 0.6 is 11.8 Å². The Morgan fingerprint density at radius 2 is 1.17 bits per heavy atom. The summed E-state index contributed by atoms with van der Waals surface area (Å²) in [7, 11) is 0. The van der Waals surface area contributed by atoms with E-state index in [1.54, 1.807) is 24.3 Å². The van der Waals surface area contributed by atoms with Gasteiger partial charge in [0.15, 0.2) is 0 Å². The Bertz CT molecular complexity index is 693. The SMILES string of the molecule is O=C(O)c1cccc(Sc2cccc(C(=O)O)c2CO)c1CO. The van der Waals surface area contributed by atoms with Crippen LogP contribution in [0.2, 0.25) is 0 Å². The molecule has 2 aromatic rings. The highest BCUT2D eigenvalue weighted by Crippen LogP contribution is 2.35. The van der Waals surface area contributed by atoms with Crippen molar-refractivity contribution < 1.29 is 30.0 Å². The van der Waals surface area contributed by atoms with Gasteiger partial charge >= 0.3 is 11.9 Å². The van der Waals surface area contributed by atoms with Gasteiger partial charge in [-0.3, -0.25) is 0 Å². The van der Waals surface area contributed by atoms with Crippen LogP contribution in [0.4, 0.5) is 0 Å². The van der Waals surface area contributed by atoms with Crippen molar-refractivity contribution in [3.63, 3.8) is 0 Å². The Morgan fingerprint density at radius 3 is 1.48 bits per heavy atom. The van der Waals surface area contributed by atoms with E-state index < -0.39 is 25.2 Å². The van der Waals surface area contributed by atoms with Gasteiger partial charge in [0.1, 0.15) is 0 Å². The van der Waals surface area contributed by atoms with Gasteiger partial charge in [-0.1, -0.05) is 23.9 Å². The average Bonchev–Trinajstić information content (AvgIpc) is 2.54. The summed E-state index contributed by atoms with van der Waals surface area (Å²) in [6, 6.07) is 9.14. The van der Waals surface area contributed by atoms with Gasteiger partial charge in [-0.05, 0) is 24.3 Å². The molecule has 7 heteroatoms. The van der Waals surface area contributed by atoms with Crippen molar-refractivity contribution in [3.8, 4) is 0 Å². The number of carbonyl (C=O) groups is 2. The first-order valence-corrected chi connectivity index (χ1v) is 7.41. The van der Waals surface area contributed by atoms with E-state index in [9.17, 15) is 19.8 Å². The summed E-state index contributed by atoms with van der Waals surface area (Å²) < 4.78 is 0. The summed E-state index contributed by atoms with van der Waals surface area (Å²) in [6.45, 7) is -0.921. The zero-order valence-corrected chi connectivity index (χ0v) is 12.7. The molecule has 0 heterocycles. The number of hydrogen-bond donors (Lipinski definition) is 4. The maximum Gasteiger partial charge on any atom is 0.336 e. The molecular formula is C16H14O6S. The maximum atomic E-state index is 11.2. The van der Waals surface area contributed by atoms with Gasteiger partial charge in [0, 0.05) is 20.9 Å². The lowest BCUT2D eigenvalue weighted by molar-refractivity contribution is 0.0682. The molecule has 6 nitrogen and oxygen atoms in total. The monoisotopic (exact) mass is 334 g/mol. The van der Waals surface area contributed by atoms with Crippen molar-refractivity contribution in [3.05, 3.63) is 58.7 Å². The third kappa shape index (κ3) is 3.53. The Morgan fingerprint density at radius 1 is 0.783 bits per heavy atom. The third-order valence-electron chi connectivity index (χ3n) is 3.26. The molecule has 0 spiro atoms. The van der Waals surface area contributed by atoms with E-state index >= 15 is 0 Å². The van der Waals surface area contributed by atoms with E-state index in [-0.39, 0.29) is 22.3 Å². The third-order valence-corrected chi connectivity index (χ3v) is 4.47. The van der Waals surface area contributed by atoms with E-state index in [0.29, 0.717) is 9.79 Å². The molecule has 0 aliphatic carbocycles. The summed E-state index contributed by atoms with van der Waals surface area (Å²) in [5.74, 6) is -2.31. The van der Waals surface area contributed by atoms with Crippen molar-refractivity contribution >= 4 is 23.7 Å². The van der Waals surface area contributed by atoms with Gasteiger partial charge in [0.2, 0.25) is 0 Å². The Labute approximate surface area is 136 Å². The second-order valence-corrected chi connectivity index (χ2v) is 5.68. The molecule has 0 amide bonds. The Hall–Kier alpha value is -2.35. The molecule has 0 saturated carbocycles. The van der Waals surface area contributed by atoms with Gasteiger partial charge in [-0.25, -0.2) is 9.59 Å². The van der Waals surface area contributed by atoms with E-state index in [1.807, 2.05) is 0 Å². The first-order valence-electron chi connectivity index (χ1n) is 6.59. The molecule has 0 unspecified atom stereocenters. The molecule has 0 atom stereocenters. The molecule has 0 fully saturated rings. The number of carboxylic acid groups (broad SMARTS) is 2. The summed E-state index contributed by atoms with van der Waals surface area (Å²) in [5.41, 5.74) is 0.458. The number of aliphatic hydroxyl groups is 2. The minimum absolute atomic E-state index is 0.0163. The van der Waals surface area contributed by atoms with Crippen LogP contribution < -0.4 is 0 Å². The summed E-state index contributed by atoms with van der Waals surface area (Å²) >= 11 is 1.11. The molecule has 2 aromatic carbocycles. The number of carboxylic acids is 2. The fraction of sp³-hybridized carbons (Fsp3) is 0.125. The largest absolute Gasteiger partial charge is 0.478 e.